The van der Waals surface area contributed by atoms with Gasteiger partial charge in [0.05, 0.1) is 5.75 Å². The molecule has 0 spiro atoms. The minimum atomic E-state index is -0.0124. The number of nitrogens with zero attached hydrogens (tertiary/aromatic N) is 2. The van der Waals surface area contributed by atoms with Gasteiger partial charge in [-0.1, -0.05) is 42.1 Å². The third-order valence-corrected chi connectivity index (χ3v) is 3.47. The third kappa shape index (κ3) is 4.66. The molecule has 0 aliphatic carbocycles. The molecule has 0 fully saturated rings. The number of aromatic nitrogens is 2. The summed E-state index contributed by atoms with van der Waals surface area (Å²) < 4.78 is 0. The Kier molecular flexibility index (Phi) is 5.12. The molecule has 20 heavy (non-hydrogen) atoms. The standard InChI is InChI=1S/C15H17N3OS/c1-11-8-12(2)18-15(17-11)20-10-14(19)16-9-13-6-4-3-5-7-13/h3-8H,9-10H2,1-2H3,(H,16,19). The summed E-state index contributed by atoms with van der Waals surface area (Å²) in [7, 11) is 0. The summed E-state index contributed by atoms with van der Waals surface area (Å²) in [6, 6.07) is 11.8. The lowest BCUT2D eigenvalue weighted by Crippen LogP contribution is -2.24. The first-order valence-electron chi connectivity index (χ1n) is 6.39. The number of aryl methyl sites for hydroxylation is 2. The van der Waals surface area contributed by atoms with Crippen molar-refractivity contribution in [2.45, 2.75) is 25.5 Å². The minimum Gasteiger partial charge on any atom is -0.351 e. The van der Waals surface area contributed by atoms with Crippen molar-refractivity contribution in [3.8, 4) is 0 Å². The topological polar surface area (TPSA) is 54.9 Å². The Morgan fingerprint density at radius 3 is 2.45 bits per heavy atom. The summed E-state index contributed by atoms with van der Waals surface area (Å²) >= 11 is 1.36. The monoisotopic (exact) mass is 287 g/mol. The first-order chi connectivity index (χ1) is 9.63. The van der Waals surface area contributed by atoms with Crippen LogP contribution in [0.4, 0.5) is 0 Å². The summed E-state index contributed by atoms with van der Waals surface area (Å²) in [5.41, 5.74) is 2.93. The van der Waals surface area contributed by atoms with Crippen molar-refractivity contribution in [2.75, 3.05) is 5.75 Å². The molecule has 0 bridgehead atoms. The van der Waals surface area contributed by atoms with Crippen LogP contribution in [-0.4, -0.2) is 21.6 Å². The third-order valence-electron chi connectivity index (χ3n) is 2.63. The van der Waals surface area contributed by atoms with E-state index in [1.54, 1.807) is 0 Å². The van der Waals surface area contributed by atoms with Crippen molar-refractivity contribution in [3.05, 3.63) is 53.3 Å². The molecule has 1 aromatic carbocycles. The van der Waals surface area contributed by atoms with Gasteiger partial charge in [0.25, 0.3) is 0 Å². The van der Waals surface area contributed by atoms with Gasteiger partial charge in [-0.3, -0.25) is 4.79 Å². The van der Waals surface area contributed by atoms with Crippen LogP contribution in [0.1, 0.15) is 17.0 Å². The number of carbonyl (C=O) groups excluding carboxylic acids is 1. The van der Waals surface area contributed by atoms with Gasteiger partial charge in [-0.15, -0.1) is 0 Å². The summed E-state index contributed by atoms with van der Waals surface area (Å²) in [5, 5.41) is 3.53. The highest BCUT2D eigenvalue weighted by atomic mass is 32.2. The number of hydrogen-bond acceptors (Lipinski definition) is 4. The lowest BCUT2D eigenvalue weighted by atomic mass is 10.2. The second kappa shape index (κ2) is 7.05. The molecule has 0 aliphatic heterocycles. The Morgan fingerprint density at radius 2 is 1.80 bits per heavy atom. The molecule has 1 aromatic heterocycles. The highest BCUT2D eigenvalue weighted by Crippen LogP contribution is 2.13. The van der Waals surface area contributed by atoms with Gasteiger partial charge in [0.15, 0.2) is 5.16 Å². The molecule has 2 rings (SSSR count). The SMILES string of the molecule is Cc1cc(C)nc(SCC(=O)NCc2ccccc2)n1. The Morgan fingerprint density at radius 1 is 1.15 bits per heavy atom. The largest absolute Gasteiger partial charge is 0.351 e. The van der Waals surface area contributed by atoms with Crippen molar-refractivity contribution in [3.63, 3.8) is 0 Å². The van der Waals surface area contributed by atoms with Crippen molar-refractivity contribution in [1.82, 2.24) is 15.3 Å². The molecule has 1 N–H and O–H groups in total. The normalized spacial score (nSPS) is 10.3. The number of rotatable bonds is 5. The Balaban J connectivity index is 1.80. The zero-order valence-electron chi connectivity index (χ0n) is 11.6. The minimum absolute atomic E-state index is 0.0124. The van der Waals surface area contributed by atoms with E-state index in [1.807, 2.05) is 50.2 Å². The van der Waals surface area contributed by atoms with Gasteiger partial charge in [0, 0.05) is 17.9 Å². The maximum atomic E-state index is 11.8. The molecular formula is C15H17N3OS. The van der Waals surface area contributed by atoms with E-state index in [1.165, 1.54) is 11.8 Å². The zero-order chi connectivity index (χ0) is 14.4. The van der Waals surface area contributed by atoms with E-state index in [2.05, 4.69) is 15.3 Å². The molecule has 0 atom stereocenters. The predicted octanol–water partition coefficient (Wildman–Crippen LogP) is 2.50. The van der Waals surface area contributed by atoms with Gasteiger partial charge < -0.3 is 5.32 Å². The summed E-state index contributed by atoms with van der Waals surface area (Å²) in [4.78, 5) is 20.4. The summed E-state index contributed by atoms with van der Waals surface area (Å²) in [6.07, 6.45) is 0. The lowest BCUT2D eigenvalue weighted by molar-refractivity contribution is -0.118. The van der Waals surface area contributed by atoms with Crippen LogP contribution in [-0.2, 0) is 11.3 Å². The first kappa shape index (κ1) is 14.5. The van der Waals surface area contributed by atoms with Crippen LogP contribution < -0.4 is 5.32 Å². The van der Waals surface area contributed by atoms with Crippen LogP contribution in [0.3, 0.4) is 0 Å². The maximum absolute atomic E-state index is 11.8. The fourth-order valence-electron chi connectivity index (χ4n) is 1.74. The Bertz CT molecular complexity index is 567. The molecule has 1 heterocycles. The van der Waals surface area contributed by atoms with Crippen molar-refractivity contribution in [2.24, 2.45) is 0 Å². The van der Waals surface area contributed by atoms with E-state index in [9.17, 15) is 4.79 Å². The van der Waals surface area contributed by atoms with Crippen LogP contribution in [0.25, 0.3) is 0 Å². The molecule has 0 radical (unpaired) electrons. The molecule has 0 unspecified atom stereocenters. The average molecular weight is 287 g/mol. The molecular weight excluding hydrogens is 270 g/mol. The maximum Gasteiger partial charge on any atom is 0.230 e. The van der Waals surface area contributed by atoms with Crippen LogP contribution in [0.5, 0.6) is 0 Å². The fraction of sp³-hybridized carbons (Fsp3) is 0.267. The van der Waals surface area contributed by atoms with Gasteiger partial charge in [-0.05, 0) is 25.5 Å². The molecule has 2 aromatic rings. The van der Waals surface area contributed by atoms with Gasteiger partial charge in [0.2, 0.25) is 5.91 Å². The van der Waals surface area contributed by atoms with Crippen LogP contribution in [0.2, 0.25) is 0 Å². The predicted molar refractivity (Wildman–Crippen MR) is 80.5 cm³/mol. The van der Waals surface area contributed by atoms with Crippen molar-refractivity contribution < 1.29 is 4.79 Å². The van der Waals surface area contributed by atoms with Crippen LogP contribution in [0.15, 0.2) is 41.6 Å². The van der Waals surface area contributed by atoms with Gasteiger partial charge in [0.1, 0.15) is 0 Å². The molecule has 5 heteroatoms. The van der Waals surface area contributed by atoms with Crippen molar-refractivity contribution in [1.29, 1.82) is 0 Å². The van der Waals surface area contributed by atoms with E-state index < -0.39 is 0 Å². The van der Waals surface area contributed by atoms with E-state index in [0.29, 0.717) is 17.5 Å². The lowest BCUT2D eigenvalue weighted by Gasteiger charge is -2.05. The molecule has 4 nitrogen and oxygen atoms in total. The van der Waals surface area contributed by atoms with Crippen LogP contribution in [0, 0.1) is 13.8 Å². The average Bonchev–Trinajstić information content (AvgIpc) is 2.43. The van der Waals surface area contributed by atoms with E-state index in [4.69, 9.17) is 0 Å². The summed E-state index contributed by atoms with van der Waals surface area (Å²) in [6.45, 7) is 4.40. The van der Waals surface area contributed by atoms with Gasteiger partial charge >= 0.3 is 0 Å². The number of amides is 1. The highest BCUT2D eigenvalue weighted by Gasteiger charge is 2.05. The second-order valence-corrected chi connectivity index (χ2v) is 5.43. The number of hydrogen-bond donors (Lipinski definition) is 1. The van der Waals surface area contributed by atoms with E-state index in [0.717, 1.165) is 17.0 Å². The Hall–Kier alpha value is -1.88. The second-order valence-electron chi connectivity index (χ2n) is 4.48. The molecule has 0 saturated carbocycles. The zero-order valence-corrected chi connectivity index (χ0v) is 12.4. The fourth-order valence-corrected chi connectivity index (χ4v) is 2.52. The number of benzene rings is 1. The van der Waals surface area contributed by atoms with Gasteiger partial charge in [-0.2, -0.15) is 0 Å². The number of thioether (sulfide) groups is 1. The number of carbonyl (C=O) groups is 1. The summed E-state index contributed by atoms with van der Waals surface area (Å²) in [5.74, 6) is 0.317. The molecule has 104 valence electrons. The first-order valence-corrected chi connectivity index (χ1v) is 7.38. The van der Waals surface area contributed by atoms with Crippen molar-refractivity contribution >= 4 is 17.7 Å². The smallest absolute Gasteiger partial charge is 0.230 e. The van der Waals surface area contributed by atoms with Gasteiger partial charge in [-0.25, -0.2) is 9.97 Å². The molecule has 0 saturated heterocycles. The van der Waals surface area contributed by atoms with E-state index in [-0.39, 0.29) is 5.91 Å². The van der Waals surface area contributed by atoms with Crippen LogP contribution >= 0.6 is 11.8 Å². The van der Waals surface area contributed by atoms with E-state index >= 15 is 0 Å². The Labute approximate surface area is 123 Å². The molecule has 1 amide bonds. The quantitative estimate of drug-likeness (QED) is 0.678. The highest BCUT2D eigenvalue weighted by molar-refractivity contribution is 7.99. The number of nitrogens with one attached hydrogen (secondary N) is 1. The molecule has 0 aliphatic rings.